The van der Waals surface area contributed by atoms with Crippen LogP contribution in [0.3, 0.4) is 0 Å². The second-order valence-corrected chi connectivity index (χ2v) is 7.96. The SMILES string of the molecule is S=C(N/N=C/c1ccc(OCc2c(Cl)cccc2Cl)cc1)NC1CCCCC1. The van der Waals surface area contributed by atoms with Crippen LogP contribution in [-0.4, -0.2) is 17.4 Å². The van der Waals surface area contributed by atoms with Gasteiger partial charge in [-0.15, -0.1) is 0 Å². The molecule has 0 amide bonds. The normalized spacial score (nSPS) is 14.8. The summed E-state index contributed by atoms with van der Waals surface area (Å²) < 4.78 is 5.78. The van der Waals surface area contributed by atoms with Gasteiger partial charge in [0.05, 0.1) is 6.21 Å². The third kappa shape index (κ3) is 6.36. The topological polar surface area (TPSA) is 45.7 Å². The standard InChI is InChI=1S/C21H23Cl2N3OS/c22-19-7-4-8-20(23)18(19)14-27-17-11-9-15(10-12-17)13-24-26-21(28)25-16-5-2-1-3-6-16/h4,7-13,16H,1-3,5-6,14H2,(H2,25,26,28)/b24-13+. The summed E-state index contributed by atoms with van der Waals surface area (Å²) in [6.45, 7) is 0.314. The third-order valence-corrected chi connectivity index (χ3v) is 5.56. The van der Waals surface area contributed by atoms with Crippen LogP contribution in [0.15, 0.2) is 47.6 Å². The van der Waals surface area contributed by atoms with Crippen LogP contribution in [-0.2, 0) is 6.61 Å². The summed E-state index contributed by atoms with van der Waals surface area (Å²) in [6, 6.07) is 13.5. The molecule has 2 aromatic carbocycles. The average Bonchev–Trinajstić information content (AvgIpc) is 2.69. The molecule has 0 spiro atoms. The van der Waals surface area contributed by atoms with Gasteiger partial charge in [-0.05, 0) is 67.0 Å². The van der Waals surface area contributed by atoms with E-state index in [0.717, 1.165) is 16.9 Å². The first-order valence-electron chi connectivity index (χ1n) is 9.37. The molecule has 1 saturated carbocycles. The summed E-state index contributed by atoms with van der Waals surface area (Å²) in [5.74, 6) is 0.732. The zero-order valence-electron chi connectivity index (χ0n) is 15.5. The second-order valence-electron chi connectivity index (χ2n) is 6.74. The number of halogens is 2. The number of nitrogens with one attached hydrogen (secondary N) is 2. The molecule has 0 radical (unpaired) electrons. The quantitative estimate of drug-likeness (QED) is 0.346. The lowest BCUT2D eigenvalue weighted by atomic mass is 9.96. The van der Waals surface area contributed by atoms with Gasteiger partial charge in [0, 0.05) is 21.7 Å². The lowest BCUT2D eigenvalue weighted by Gasteiger charge is -2.23. The van der Waals surface area contributed by atoms with Crippen LogP contribution < -0.4 is 15.5 Å². The lowest BCUT2D eigenvalue weighted by Crippen LogP contribution is -2.40. The van der Waals surface area contributed by atoms with Crippen molar-refractivity contribution in [3.05, 3.63) is 63.6 Å². The molecule has 4 nitrogen and oxygen atoms in total. The van der Waals surface area contributed by atoms with E-state index < -0.39 is 0 Å². The average molecular weight is 436 g/mol. The molecule has 1 aliphatic rings. The lowest BCUT2D eigenvalue weighted by molar-refractivity contribution is 0.306. The van der Waals surface area contributed by atoms with Gasteiger partial charge >= 0.3 is 0 Å². The van der Waals surface area contributed by atoms with Crippen molar-refractivity contribution in [3.8, 4) is 5.75 Å². The first-order chi connectivity index (χ1) is 13.6. The minimum absolute atomic E-state index is 0.314. The van der Waals surface area contributed by atoms with Gasteiger partial charge in [-0.25, -0.2) is 0 Å². The van der Waals surface area contributed by atoms with Gasteiger partial charge < -0.3 is 10.1 Å². The smallest absolute Gasteiger partial charge is 0.187 e. The monoisotopic (exact) mass is 435 g/mol. The number of hydrogen-bond donors (Lipinski definition) is 2. The number of nitrogens with zero attached hydrogens (tertiary/aromatic N) is 1. The van der Waals surface area contributed by atoms with Crippen molar-refractivity contribution < 1.29 is 4.74 Å². The summed E-state index contributed by atoms with van der Waals surface area (Å²) in [5, 5.41) is 9.28. The fourth-order valence-corrected chi connectivity index (χ4v) is 3.83. The maximum absolute atomic E-state index is 6.16. The molecule has 1 fully saturated rings. The largest absolute Gasteiger partial charge is 0.489 e. The highest BCUT2D eigenvalue weighted by atomic mass is 35.5. The predicted octanol–water partition coefficient (Wildman–Crippen LogP) is 5.70. The van der Waals surface area contributed by atoms with Crippen LogP contribution >= 0.6 is 35.4 Å². The highest BCUT2D eigenvalue weighted by Crippen LogP contribution is 2.25. The van der Waals surface area contributed by atoms with Gasteiger partial charge in [-0.2, -0.15) is 5.10 Å². The van der Waals surface area contributed by atoms with Crippen LogP contribution in [0.25, 0.3) is 0 Å². The van der Waals surface area contributed by atoms with E-state index in [2.05, 4.69) is 15.8 Å². The summed E-state index contributed by atoms with van der Waals surface area (Å²) in [4.78, 5) is 0. The van der Waals surface area contributed by atoms with E-state index in [1.54, 1.807) is 18.3 Å². The molecule has 0 aromatic heterocycles. The molecule has 0 bridgehead atoms. The van der Waals surface area contributed by atoms with E-state index in [0.29, 0.717) is 27.8 Å². The van der Waals surface area contributed by atoms with Crippen LogP contribution in [0.1, 0.15) is 43.2 Å². The van der Waals surface area contributed by atoms with Gasteiger partial charge in [0.25, 0.3) is 0 Å². The number of hydrogen-bond acceptors (Lipinski definition) is 3. The zero-order valence-corrected chi connectivity index (χ0v) is 17.8. The van der Waals surface area contributed by atoms with E-state index in [1.165, 1.54) is 32.1 Å². The highest BCUT2D eigenvalue weighted by Gasteiger charge is 2.13. The maximum atomic E-state index is 6.16. The van der Waals surface area contributed by atoms with Gasteiger partial charge in [0.2, 0.25) is 0 Å². The molecule has 0 heterocycles. The van der Waals surface area contributed by atoms with Crippen molar-refractivity contribution in [2.45, 2.75) is 44.8 Å². The Morgan fingerprint density at radius 3 is 2.43 bits per heavy atom. The fourth-order valence-electron chi connectivity index (χ4n) is 3.11. The van der Waals surface area contributed by atoms with E-state index in [1.807, 2.05) is 30.3 Å². The minimum atomic E-state index is 0.314. The Kier molecular flexibility index (Phi) is 7.95. The van der Waals surface area contributed by atoms with Crippen molar-refractivity contribution in [1.82, 2.24) is 10.7 Å². The van der Waals surface area contributed by atoms with Crippen molar-refractivity contribution in [2.24, 2.45) is 5.10 Å². The van der Waals surface area contributed by atoms with Crippen LogP contribution in [0.5, 0.6) is 5.75 Å². The van der Waals surface area contributed by atoms with Crippen molar-refractivity contribution in [3.63, 3.8) is 0 Å². The molecule has 3 rings (SSSR count). The zero-order chi connectivity index (χ0) is 19.8. The molecule has 148 valence electrons. The first kappa shape index (κ1) is 20.9. The Bertz CT molecular complexity index is 801. The van der Waals surface area contributed by atoms with Crippen LogP contribution in [0, 0.1) is 0 Å². The van der Waals surface area contributed by atoms with Gasteiger partial charge in [0.1, 0.15) is 12.4 Å². The molecule has 0 saturated heterocycles. The summed E-state index contributed by atoms with van der Waals surface area (Å²) in [5.41, 5.74) is 4.60. The third-order valence-electron chi connectivity index (χ3n) is 4.65. The number of hydrazone groups is 1. The number of thiocarbonyl (C=S) groups is 1. The summed E-state index contributed by atoms with van der Waals surface area (Å²) in [6.07, 6.45) is 7.92. The van der Waals surface area contributed by atoms with E-state index in [9.17, 15) is 0 Å². The molecule has 1 aliphatic carbocycles. The predicted molar refractivity (Wildman–Crippen MR) is 121 cm³/mol. The van der Waals surface area contributed by atoms with E-state index in [-0.39, 0.29) is 0 Å². The van der Waals surface area contributed by atoms with Crippen molar-refractivity contribution in [2.75, 3.05) is 0 Å². The minimum Gasteiger partial charge on any atom is -0.489 e. The Labute approximate surface area is 181 Å². The Hall–Kier alpha value is -1.82. The number of ether oxygens (including phenoxy) is 1. The van der Waals surface area contributed by atoms with E-state index in [4.69, 9.17) is 40.2 Å². The molecular weight excluding hydrogens is 413 g/mol. The molecule has 0 atom stereocenters. The Morgan fingerprint density at radius 2 is 1.75 bits per heavy atom. The Morgan fingerprint density at radius 1 is 1.07 bits per heavy atom. The molecule has 28 heavy (non-hydrogen) atoms. The number of rotatable bonds is 6. The molecule has 2 N–H and O–H groups in total. The fraction of sp³-hybridized carbons (Fsp3) is 0.333. The van der Waals surface area contributed by atoms with Gasteiger partial charge in [0.15, 0.2) is 5.11 Å². The Balaban J connectivity index is 1.46. The van der Waals surface area contributed by atoms with Crippen molar-refractivity contribution in [1.29, 1.82) is 0 Å². The molecule has 0 unspecified atom stereocenters. The first-order valence-corrected chi connectivity index (χ1v) is 10.5. The number of benzene rings is 2. The summed E-state index contributed by atoms with van der Waals surface area (Å²) >= 11 is 17.6. The molecule has 7 heteroatoms. The molecule has 2 aromatic rings. The molecular formula is C21H23Cl2N3OS. The van der Waals surface area contributed by atoms with Crippen LogP contribution in [0.2, 0.25) is 10.0 Å². The second kappa shape index (κ2) is 10.6. The van der Waals surface area contributed by atoms with Gasteiger partial charge in [-0.1, -0.05) is 48.5 Å². The van der Waals surface area contributed by atoms with Crippen molar-refractivity contribution >= 4 is 46.7 Å². The molecule has 0 aliphatic heterocycles. The summed E-state index contributed by atoms with van der Waals surface area (Å²) in [7, 11) is 0. The maximum Gasteiger partial charge on any atom is 0.187 e. The van der Waals surface area contributed by atoms with Crippen LogP contribution in [0.4, 0.5) is 0 Å². The van der Waals surface area contributed by atoms with Gasteiger partial charge in [-0.3, -0.25) is 5.43 Å². The van der Waals surface area contributed by atoms with E-state index >= 15 is 0 Å². The highest BCUT2D eigenvalue weighted by molar-refractivity contribution is 7.80.